The third-order valence-electron chi connectivity index (χ3n) is 6.12. The van der Waals surface area contributed by atoms with Gasteiger partial charge < -0.3 is 14.5 Å². The lowest BCUT2D eigenvalue weighted by Crippen LogP contribution is -2.49. The van der Waals surface area contributed by atoms with E-state index in [2.05, 4.69) is 14.9 Å². The Morgan fingerprint density at radius 3 is 2.30 bits per heavy atom. The van der Waals surface area contributed by atoms with Crippen LogP contribution in [0.25, 0.3) is 22.2 Å². The van der Waals surface area contributed by atoms with Crippen molar-refractivity contribution in [2.45, 2.75) is 6.92 Å². The third-order valence-corrected chi connectivity index (χ3v) is 6.12. The Balaban J connectivity index is 1.49. The molecule has 1 amide bonds. The summed E-state index contributed by atoms with van der Waals surface area (Å²) in [5.74, 6) is 1.53. The Labute approximate surface area is 192 Å². The molecule has 1 fully saturated rings. The number of ether oxygens (including phenoxy) is 1. The molecule has 0 aliphatic carbocycles. The smallest absolute Gasteiger partial charge is 0.255 e. The Hall–Kier alpha value is -4.00. The van der Waals surface area contributed by atoms with E-state index in [1.54, 1.807) is 25.6 Å². The van der Waals surface area contributed by atoms with Crippen LogP contribution in [-0.2, 0) is 0 Å². The summed E-state index contributed by atoms with van der Waals surface area (Å²) < 4.78 is 5.29. The first-order valence-electron chi connectivity index (χ1n) is 11.0. The molecule has 7 heteroatoms. The number of amides is 1. The van der Waals surface area contributed by atoms with E-state index in [0.717, 1.165) is 39.0 Å². The van der Waals surface area contributed by atoms with Gasteiger partial charge in [-0.1, -0.05) is 18.2 Å². The van der Waals surface area contributed by atoms with Gasteiger partial charge in [-0.3, -0.25) is 4.79 Å². The molecule has 2 aromatic heterocycles. The zero-order chi connectivity index (χ0) is 22.8. The van der Waals surface area contributed by atoms with Crippen LogP contribution in [0.3, 0.4) is 0 Å². The molecule has 5 rings (SSSR count). The Morgan fingerprint density at radius 1 is 0.909 bits per heavy atom. The monoisotopic (exact) mass is 439 g/mol. The number of carbonyl (C=O) groups is 1. The number of aromatic nitrogens is 3. The van der Waals surface area contributed by atoms with Crippen molar-refractivity contribution >= 4 is 22.8 Å². The molecule has 2 aromatic carbocycles. The number of nitrogens with zero attached hydrogens (tertiary/aromatic N) is 5. The van der Waals surface area contributed by atoms with E-state index < -0.39 is 0 Å². The van der Waals surface area contributed by atoms with Crippen LogP contribution in [0.1, 0.15) is 15.9 Å². The summed E-state index contributed by atoms with van der Waals surface area (Å²) >= 11 is 0. The molecule has 4 aromatic rings. The van der Waals surface area contributed by atoms with E-state index in [9.17, 15) is 4.79 Å². The first-order valence-corrected chi connectivity index (χ1v) is 11.0. The molecule has 1 saturated heterocycles. The number of anilines is 1. The van der Waals surface area contributed by atoms with Crippen molar-refractivity contribution in [3.05, 3.63) is 78.1 Å². The molecule has 0 N–H and O–H groups in total. The standard InChI is InChI=1S/C26H25N5O2/c1-18-23(25(32)30-14-16-31(17-15-30)26-27-12-5-13-28-26)21-6-3-4-7-22(21)29-24(18)19-8-10-20(33-2)11-9-19/h3-13H,14-17H2,1-2H3. The van der Waals surface area contributed by atoms with Crippen molar-refractivity contribution in [3.8, 4) is 17.0 Å². The normalized spacial score (nSPS) is 13.9. The van der Waals surface area contributed by atoms with Crippen LogP contribution < -0.4 is 9.64 Å². The van der Waals surface area contributed by atoms with Crippen molar-refractivity contribution in [1.29, 1.82) is 0 Å². The molecular weight excluding hydrogens is 414 g/mol. The minimum atomic E-state index is 0.0366. The highest BCUT2D eigenvalue weighted by atomic mass is 16.5. The van der Waals surface area contributed by atoms with Gasteiger partial charge in [0.05, 0.1) is 23.9 Å². The molecule has 0 unspecified atom stereocenters. The van der Waals surface area contributed by atoms with Crippen molar-refractivity contribution in [2.24, 2.45) is 0 Å². The summed E-state index contributed by atoms with van der Waals surface area (Å²) in [5.41, 5.74) is 4.19. The minimum Gasteiger partial charge on any atom is -0.497 e. The molecule has 0 spiro atoms. The molecule has 1 aliphatic heterocycles. The fraction of sp³-hybridized carbons (Fsp3) is 0.231. The van der Waals surface area contributed by atoms with Gasteiger partial charge in [-0.05, 0) is 48.9 Å². The largest absolute Gasteiger partial charge is 0.497 e. The number of pyridine rings is 1. The van der Waals surface area contributed by atoms with Crippen LogP contribution in [0, 0.1) is 6.92 Å². The number of hydrogen-bond acceptors (Lipinski definition) is 6. The fourth-order valence-electron chi connectivity index (χ4n) is 4.33. The van der Waals surface area contributed by atoms with Crippen molar-refractivity contribution in [2.75, 3.05) is 38.2 Å². The second-order valence-electron chi connectivity index (χ2n) is 8.03. The van der Waals surface area contributed by atoms with Gasteiger partial charge in [-0.15, -0.1) is 0 Å². The van der Waals surface area contributed by atoms with E-state index >= 15 is 0 Å². The van der Waals surface area contributed by atoms with E-state index in [1.807, 2.05) is 60.4 Å². The molecule has 0 bridgehead atoms. The minimum absolute atomic E-state index is 0.0366. The van der Waals surface area contributed by atoms with Gasteiger partial charge in [-0.2, -0.15) is 0 Å². The lowest BCUT2D eigenvalue weighted by Gasteiger charge is -2.35. The number of benzene rings is 2. The number of rotatable bonds is 4. The van der Waals surface area contributed by atoms with Crippen LogP contribution in [0.2, 0.25) is 0 Å². The first kappa shape index (κ1) is 20.9. The molecule has 0 saturated carbocycles. The van der Waals surface area contributed by atoms with Gasteiger partial charge >= 0.3 is 0 Å². The quantitative estimate of drug-likeness (QED) is 0.479. The highest BCUT2D eigenvalue weighted by Gasteiger charge is 2.27. The molecule has 7 nitrogen and oxygen atoms in total. The number of piperazine rings is 1. The van der Waals surface area contributed by atoms with E-state index in [4.69, 9.17) is 9.72 Å². The first-order chi connectivity index (χ1) is 16.2. The maximum Gasteiger partial charge on any atom is 0.255 e. The molecule has 33 heavy (non-hydrogen) atoms. The van der Waals surface area contributed by atoms with E-state index in [-0.39, 0.29) is 5.91 Å². The maximum absolute atomic E-state index is 13.8. The lowest BCUT2D eigenvalue weighted by atomic mass is 9.96. The summed E-state index contributed by atoms with van der Waals surface area (Å²) in [7, 11) is 1.65. The summed E-state index contributed by atoms with van der Waals surface area (Å²) in [6, 6.07) is 17.5. The second-order valence-corrected chi connectivity index (χ2v) is 8.03. The van der Waals surface area contributed by atoms with Crippen LogP contribution >= 0.6 is 0 Å². The fourth-order valence-corrected chi connectivity index (χ4v) is 4.33. The highest BCUT2D eigenvalue weighted by Crippen LogP contribution is 2.31. The summed E-state index contributed by atoms with van der Waals surface area (Å²) in [6.45, 7) is 4.61. The molecule has 3 heterocycles. The van der Waals surface area contributed by atoms with Gasteiger partial charge in [-0.25, -0.2) is 15.0 Å². The highest BCUT2D eigenvalue weighted by molar-refractivity contribution is 6.09. The predicted molar refractivity (Wildman–Crippen MR) is 129 cm³/mol. The second kappa shape index (κ2) is 8.86. The number of hydrogen-bond donors (Lipinski definition) is 0. The third kappa shape index (κ3) is 3.98. The number of carbonyl (C=O) groups excluding carboxylic acids is 1. The molecule has 166 valence electrons. The van der Waals surface area contributed by atoms with Crippen LogP contribution in [0.4, 0.5) is 5.95 Å². The number of fused-ring (bicyclic) bond motifs is 1. The Bertz CT molecular complexity index is 1280. The topological polar surface area (TPSA) is 71.5 Å². The van der Waals surface area contributed by atoms with Gasteiger partial charge in [0.2, 0.25) is 5.95 Å². The zero-order valence-electron chi connectivity index (χ0n) is 18.7. The predicted octanol–water partition coefficient (Wildman–Crippen LogP) is 3.97. The van der Waals surface area contributed by atoms with Crippen molar-refractivity contribution < 1.29 is 9.53 Å². The zero-order valence-corrected chi connectivity index (χ0v) is 18.7. The SMILES string of the molecule is COc1ccc(-c2nc3ccccc3c(C(=O)N3CCN(c4ncccn4)CC3)c2C)cc1. The summed E-state index contributed by atoms with van der Waals surface area (Å²) in [5, 5.41) is 0.881. The van der Waals surface area contributed by atoms with Crippen LogP contribution in [-0.4, -0.2) is 59.0 Å². The maximum atomic E-state index is 13.8. The average molecular weight is 440 g/mol. The summed E-state index contributed by atoms with van der Waals surface area (Å²) in [6.07, 6.45) is 3.49. The Kier molecular flexibility index (Phi) is 5.60. The number of methoxy groups -OCH3 is 1. The van der Waals surface area contributed by atoms with Crippen LogP contribution in [0.5, 0.6) is 5.75 Å². The summed E-state index contributed by atoms with van der Waals surface area (Å²) in [4.78, 5) is 31.4. The van der Waals surface area contributed by atoms with Gasteiger partial charge in [0.1, 0.15) is 5.75 Å². The Morgan fingerprint density at radius 2 is 1.61 bits per heavy atom. The van der Waals surface area contributed by atoms with Crippen molar-refractivity contribution in [3.63, 3.8) is 0 Å². The van der Waals surface area contributed by atoms with E-state index in [1.165, 1.54) is 0 Å². The van der Waals surface area contributed by atoms with Gasteiger partial charge in [0, 0.05) is 49.5 Å². The van der Waals surface area contributed by atoms with E-state index in [0.29, 0.717) is 32.1 Å². The average Bonchev–Trinajstić information content (AvgIpc) is 2.89. The van der Waals surface area contributed by atoms with Gasteiger partial charge in [0.25, 0.3) is 5.91 Å². The lowest BCUT2D eigenvalue weighted by molar-refractivity contribution is 0.0747. The molecular formula is C26H25N5O2. The molecule has 0 radical (unpaired) electrons. The molecule has 1 aliphatic rings. The van der Waals surface area contributed by atoms with Crippen molar-refractivity contribution in [1.82, 2.24) is 19.9 Å². The van der Waals surface area contributed by atoms with Crippen LogP contribution in [0.15, 0.2) is 67.0 Å². The molecule has 0 atom stereocenters. The van der Waals surface area contributed by atoms with Gasteiger partial charge in [0.15, 0.2) is 0 Å². The number of para-hydroxylation sites is 1.